The number of carbonyl (C=O) groups is 1. The van der Waals surface area contributed by atoms with Gasteiger partial charge >= 0.3 is 5.97 Å². The third-order valence-corrected chi connectivity index (χ3v) is 3.87. The van der Waals surface area contributed by atoms with E-state index in [1.54, 1.807) is 18.3 Å². The lowest BCUT2D eigenvalue weighted by molar-refractivity contribution is 0.0527. The molecule has 2 aliphatic carbocycles. The highest BCUT2D eigenvalue weighted by Crippen LogP contribution is 2.45. The molecule has 2 saturated carbocycles. The van der Waals surface area contributed by atoms with E-state index in [4.69, 9.17) is 4.74 Å². The summed E-state index contributed by atoms with van der Waals surface area (Å²) in [6, 6.07) is 4.05. The molecule has 0 aliphatic heterocycles. The Bertz CT molecular complexity index is 455. The molecule has 2 aliphatic rings. The molecule has 0 bridgehead atoms. The van der Waals surface area contributed by atoms with Gasteiger partial charge in [0.25, 0.3) is 0 Å². The van der Waals surface area contributed by atoms with Gasteiger partial charge in [-0.2, -0.15) is 0 Å². The number of ether oxygens (including phenoxy) is 1. The van der Waals surface area contributed by atoms with Crippen LogP contribution in [0.4, 0.5) is 5.82 Å². The van der Waals surface area contributed by atoms with Gasteiger partial charge in [0.2, 0.25) is 0 Å². The number of carbonyl (C=O) groups excluding carboxylic acids is 1. The van der Waals surface area contributed by atoms with E-state index >= 15 is 0 Å². The molecule has 1 N–H and O–H groups in total. The summed E-state index contributed by atoms with van der Waals surface area (Å²) in [4.78, 5) is 16.2. The van der Waals surface area contributed by atoms with E-state index in [2.05, 4.69) is 10.3 Å². The Morgan fingerprint density at radius 3 is 2.68 bits per heavy atom. The zero-order valence-electron chi connectivity index (χ0n) is 11.3. The van der Waals surface area contributed by atoms with Crippen LogP contribution in [0.15, 0.2) is 18.3 Å². The van der Waals surface area contributed by atoms with Crippen LogP contribution in [0.25, 0.3) is 0 Å². The number of hydrogen-bond donors (Lipinski definition) is 1. The molecular weight excluding hydrogens is 240 g/mol. The van der Waals surface area contributed by atoms with Gasteiger partial charge in [-0.1, -0.05) is 0 Å². The molecule has 4 heteroatoms. The van der Waals surface area contributed by atoms with E-state index in [-0.39, 0.29) is 5.97 Å². The van der Waals surface area contributed by atoms with Gasteiger partial charge in [-0.25, -0.2) is 9.78 Å². The first-order valence-corrected chi connectivity index (χ1v) is 7.18. The quantitative estimate of drug-likeness (QED) is 0.799. The Morgan fingerprint density at radius 1 is 1.42 bits per heavy atom. The van der Waals surface area contributed by atoms with E-state index in [0.717, 1.165) is 11.8 Å². The Kier molecular flexibility index (Phi) is 3.40. The third-order valence-electron chi connectivity index (χ3n) is 3.87. The molecule has 3 rings (SSSR count). The van der Waals surface area contributed by atoms with Crippen molar-refractivity contribution in [2.75, 3.05) is 11.9 Å². The molecule has 0 aromatic carbocycles. The van der Waals surface area contributed by atoms with Crippen LogP contribution >= 0.6 is 0 Å². The van der Waals surface area contributed by atoms with Crippen LogP contribution in [0.2, 0.25) is 0 Å². The third kappa shape index (κ3) is 2.88. The van der Waals surface area contributed by atoms with Crippen LogP contribution in [0, 0.1) is 11.8 Å². The monoisotopic (exact) mass is 260 g/mol. The van der Waals surface area contributed by atoms with Crippen molar-refractivity contribution in [1.82, 2.24) is 4.98 Å². The standard InChI is InChI=1S/C15H20N2O2/c1-2-19-15(18)12-4-3-9-16-14(12)17-13(10-5-6-10)11-7-8-11/h3-4,9-11,13H,2,5-8H2,1H3,(H,16,17). The Labute approximate surface area is 113 Å². The number of aromatic nitrogens is 1. The van der Waals surface area contributed by atoms with Crippen molar-refractivity contribution in [3.05, 3.63) is 23.9 Å². The van der Waals surface area contributed by atoms with E-state index in [9.17, 15) is 4.79 Å². The molecule has 4 nitrogen and oxygen atoms in total. The summed E-state index contributed by atoms with van der Waals surface area (Å²) in [7, 11) is 0. The smallest absolute Gasteiger partial charge is 0.341 e. The zero-order valence-corrected chi connectivity index (χ0v) is 11.3. The highest BCUT2D eigenvalue weighted by molar-refractivity contribution is 5.94. The molecule has 0 spiro atoms. The summed E-state index contributed by atoms with van der Waals surface area (Å²) in [6.07, 6.45) is 6.93. The maximum Gasteiger partial charge on any atom is 0.341 e. The zero-order chi connectivity index (χ0) is 13.2. The molecule has 1 aromatic heterocycles. The first kappa shape index (κ1) is 12.5. The average Bonchev–Trinajstić information content (AvgIpc) is 3.29. The van der Waals surface area contributed by atoms with Gasteiger partial charge in [0.15, 0.2) is 0 Å². The first-order valence-electron chi connectivity index (χ1n) is 7.18. The SMILES string of the molecule is CCOC(=O)c1cccnc1NC(C1CC1)C1CC1. The van der Waals surface area contributed by atoms with Gasteiger partial charge in [-0.15, -0.1) is 0 Å². The van der Waals surface area contributed by atoms with Crippen LogP contribution < -0.4 is 5.32 Å². The van der Waals surface area contributed by atoms with Crippen molar-refractivity contribution in [2.24, 2.45) is 11.8 Å². The van der Waals surface area contributed by atoms with E-state index in [1.807, 2.05) is 6.92 Å². The van der Waals surface area contributed by atoms with Gasteiger partial charge in [0.05, 0.1) is 6.61 Å². The second-order valence-electron chi connectivity index (χ2n) is 5.47. The number of nitrogens with zero attached hydrogens (tertiary/aromatic N) is 1. The predicted molar refractivity (Wildman–Crippen MR) is 73.1 cm³/mol. The second kappa shape index (κ2) is 5.19. The summed E-state index contributed by atoms with van der Waals surface area (Å²) >= 11 is 0. The van der Waals surface area contributed by atoms with Gasteiger partial charge in [0.1, 0.15) is 11.4 Å². The maximum absolute atomic E-state index is 11.9. The molecule has 102 valence electrons. The van der Waals surface area contributed by atoms with E-state index in [0.29, 0.717) is 24.0 Å². The number of pyridine rings is 1. The molecule has 1 aromatic rings. The highest BCUT2D eigenvalue weighted by atomic mass is 16.5. The first-order chi connectivity index (χ1) is 9.29. The lowest BCUT2D eigenvalue weighted by Gasteiger charge is -2.19. The fourth-order valence-electron chi connectivity index (χ4n) is 2.58. The summed E-state index contributed by atoms with van der Waals surface area (Å²) in [5.41, 5.74) is 0.552. The minimum atomic E-state index is -0.288. The van der Waals surface area contributed by atoms with Crippen LogP contribution in [0.1, 0.15) is 43.0 Å². The molecule has 1 heterocycles. The van der Waals surface area contributed by atoms with E-state index in [1.165, 1.54) is 25.7 Å². The maximum atomic E-state index is 11.9. The number of hydrogen-bond acceptors (Lipinski definition) is 4. The van der Waals surface area contributed by atoms with Crippen molar-refractivity contribution in [2.45, 2.75) is 38.6 Å². The number of nitrogens with one attached hydrogen (secondary N) is 1. The Morgan fingerprint density at radius 2 is 2.11 bits per heavy atom. The normalized spacial score (nSPS) is 18.4. The summed E-state index contributed by atoms with van der Waals surface area (Å²) < 4.78 is 5.08. The van der Waals surface area contributed by atoms with Crippen LogP contribution in [-0.2, 0) is 4.74 Å². The van der Waals surface area contributed by atoms with Gasteiger partial charge < -0.3 is 10.1 Å². The van der Waals surface area contributed by atoms with E-state index < -0.39 is 0 Å². The molecule has 0 unspecified atom stereocenters. The fraction of sp³-hybridized carbons (Fsp3) is 0.600. The Hall–Kier alpha value is -1.58. The number of rotatable bonds is 6. The topological polar surface area (TPSA) is 51.2 Å². The van der Waals surface area contributed by atoms with Crippen molar-refractivity contribution < 1.29 is 9.53 Å². The van der Waals surface area contributed by atoms with Gasteiger partial charge in [0, 0.05) is 12.2 Å². The lowest BCUT2D eigenvalue weighted by Crippen LogP contribution is -2.26. The molecular formula is C15H20N2O2. The Balaban J connectivity index is 1.77. The minimum absolute atomic E-state index is 0.288. The average molecular weight is 260 g/mol. The van der Waals surface area contributed by atoms with Crippen LogP contribution in [-0.4, -0.2) is 23.6 Å². The number of anilines is 1. The van der Waals surface area contributed by atoms with Gasteiger partial charge in [-0.05, 0) is 56.6 Å². The molecule has 0 amide bonds. The van der Waals surface area contributed by atoms with Crippen molar-refractivity contribution >= 4 is 11.8 Å². The molecule has 2 fully saturated rings. The van der Waals surface area contributed by atoms with Crippen molar-refractivity contribution in [3.8, 4) is 0 Å². The molecule has 0 atom stereocenters. The summed E-state index contributed by atoms with van der Waals surface area (Å²) in [6.45, 7) is 2.21. The predicted octanol–water partition coefficient (Wildman–Crippen LogP) is 2.86. The lowest BCUT2D eigenvalue weighted by atomic mass is 10.1. The second-order valence-corrected chi connectivity index (χ2v) is 5.47. The molecule has 19 heavy (non-hydrogen) atoms. The minimum Gasteiger partial charge on any atom is -0.462 e. The van der Waals surface area contributed by atoms with Crippen LogP contribution in [0.5, 0.6) is 0 Å². The highest BCUT2D eigenvalue weighted by Gasteiger charge is 2.42. The summed E-state index contributed by atoms with van der Waals surface area (Å²) in [5, 5.41) is 3.50. The van der Waals surface area contributed by atoms with Crippen LogP contribution in [0.3, 0.4) is 0 Å². The van der Waals surface area contributed by atoms with Gasteiger partial charge in [-0.3, -0.25) is 0 Å². The van der Waals surface area contributed by atoms with Crippen molar-refractivity contribution in [1.29, 1.82) is 0 Å². The molecule has 0 saturated heterocycles. The fourth-order valence-corrected chi connectivity index (χ4v) is 2.58. The van der Waals surface area contributed by atoms with Crippen molar-refractivity contribution in [3.63, 3.8) is 0 Å². The summed E-state index contributed by atoms with van der Waals surface area (Å²) in [5.74, 6) is 1.93. The molecule has 0 radical (unpaired) electrons. The largest absolute Gasteiger partial charge is 0.462 e. The number of esters is 1.